The summed E-state index contributed by atoms with van der Waals surface area (Å²) < 4.78 is 5.34. The van der Waals surface area contributed by atoms with Crippen molar-refractivity contribution in [3.05, 3.63) is 29.3 Å². The quantitative estimate of drug-likeness (QED) is 0.787. The fourth-order valence-electron chi connectivity index (χ4n) is 1.99. The Kier molecular flexibility index (Phi) is 6.01. The Labute approximate surface area is 105 Å². The molecule has 0 unspecified atom stereocenters. The first kappa shape index (κ1) is 14.0. The molecule has 0 bridgehead atoms. The molecule has 96 valence electrons. The van der Waals surface area contributed by atoms with E-state index >= 15 is 0 Å². The number of hydrogen-bond donors (Lipinski definition) is 1. The average Bonchev–Trinajstić information content (AvgIpc) is 2.36. The summed E-state index contributed by atoms with van der Waals surface area (Å²) in [6.07, 6.45) is 0.870. The van der Waals surface area contributed by atoms with Crippen molar-refractivity contribution in [1.29, 1.82) is 0 Å². The minimum Gasteiger partial charge on any atom is -0.496 e. The van der Waals surface area contributed by atoms with Gasteiger partial charge in [-0.2, -0.15) is 0 Å². The van der Waals surface area contributed by atoms with Gasteiger partial charge in [0.15, 0.2) is 0 Å². The minimum atomic E-state index is 0.658. The zero-order chi connectivity index (χ0) is 12.7. The first-order valence-corrected chi connectivity index (χ1v) is 6.33. The second kappa shape index (κ2) is 7.30. The number of rotatable bonds is 7. The van der Waals surface area contributed by atoms with Crippen molar-refractivity contribution in [2.75, 3.05) is 26.7 Å². The maximum atomic E-state index is 5.62. The van der Waals surface area contributed by atoms with E-state index in [4.69, 9.17) is 10.5 Å². The summed E-state index contributed by atoms with van der Waals surface area (Å²) in [6.45, 7) is 8.19. The van der Waals surface area contributed by atoms with Gasteiger partial charge in [0, 0.05) is 6.54 Å². The number of nitrogens with two attached hydrogens (primary N) is 1. The van der Waals surface area contributed by atoms with Gasteiger partial charge >= 0.3 is 0 Å². The van der Waals surface area contributed by atoms with Crippen molar-refractivity contribution in [2.45, 2.75) is 26.8 Å². The topological polar surface area (TPSA) is 38.5 Å². The van der Waals surface area contributed by atoms with Crippen LogP contribution in [0.25, 0.3) is 0 Å². The predicted octanol–water partition coefficient (Wildman–Crippen LogP) is 2.04. The molecule has 0 saturated carbocycles. The van der Waals surface area contributed by atoms with Crippen molar-refractivity contribution in [2.24, 2.45) is 5.73 Å². The van der Waals surface area contributed by atoms with E-state index in [1.807, 2.05) is 6.07 Å². The largest absolute Gasteiger partial charge is 0.496 e. The molecule has 0 aliphatic carbocycles. The molecule has 0 aliphatic rings. The standard InChI is InChI=1S/C14H24N2O/c1-4-16(5-2)11-12-6-7-14(17-3)13(10-12)8-9-15/h6-7,10H,4-5,8-9,11,15H2,1-3H3. The van der Waals surface area contributed by atoms with Crippen molar-refractivity contribution in [3.63, 3.8) is 0 Å². The molecule has 0 fully saturated rings. The van der Waals surface area contributed by atoms with Gasteiger partial charge < -0.3 is 10.5 Å². The van der Waals surface area contributed by atoms with Crippen LogP contribution < -0.4 is 10.5 Å². The van der Waals surface area contributed by atoms with Crippen LogP contribution in [-0.4, -0.2) is 31.6 Å². The summed E-state index contributed by atoms with van der Waals surface area (Å²) in [5.74, 6) is 0.943. The van der Waals surface area contributed by atoms with Gasteiger partial charge in [-0.15, -0.1) is 0 Å². The highest BCUT2D eigenvalue weighted by atomic mass is 16.5. The molecule has 0 aromatic heterocycles. The van der Waals surface area contributed by atoms with Crippen molar-refractivity contribution >= 4 is 0 Å². The van der Waals surface area contributed by atoms with Gasteiger partial charge in [-0.1, -0.05) is 26.0 Å². The van der Waals surface area contributed by atoms with Crippen LogP contribution in [0.5, 0.6) is 5.75 Å². The number of methoxy groups -OCH3 is 1. The first-order valence-electron chi connectivity index (χ1n) is 6.33. The lowest BCUT2D eigenvalue weighted by Gasteiger charge is -2.19. The average molecular weight is 236 g/mol. The van der Waals surface area contributed by atoms with Crippen LogP contribution in [0.2, 0.25) is 0 Å². The molecule has 3 heteroatoms. The second-order valence-electron chi connectivity index (χ2n) is 4.15. The van der Waals surface area contributed by atoms with Crippen molar-refractivity contribution < 1.29 is 4.74 Å². The highest BCUT2D eigenvalue weighted by Gasteiger charge is 2.06. The minimum absolute atomic E-state index is 0.658. The van der Waals surface area contributed by atoms with E-state index in [1.54, 1.807) is 7.11 Å². The number of benzene rings is 1. The smallest absolute Gasteiger partial charge is 0.122 e. The molecule has 1 aromatic rings. The Morgan fingerprint density at radius 2 is 1.94 bits per heavy atom. The Bertz CT molecular complexity index is 335. The van der Waals surface area contributed by atoms with E-state index in [9.17, 15) is 0 Å². The molecule has 17 heavy (non-hydrogen) atoms. The summed E-state index contributed by atoms with van der Waals surface area (Å²) in [5, 5.41) is 0. The van der Waals surface area contributed by atoms with Crippen LogP contribution in [0, 0.1) is 0 Å². The van der Waals surface area contributed by atoms with Gasteiger partial charge in [-0.3, -0.25) is 4.90 Å². The van der Waals surface area contributed by atoms with Crippen molar-refractivity contribution in [3.8, 4) is 5.75 Å². The predicted molar refractivity (Wildman–Crippen MR) is 72.4 cm³/mol. The molecule has 0 heterocycles. The van der Waals surface area contributed by atoms with Crippen LogP contribution in [0.1, 0.15) is 25.0 Å². The third kappa shape index (κ3) is 4.02. The summed E-state index contributed by atoms with van der Waals surface area (Å²) in [6, 6.07) is 6.39. The molecule has 3 nitrogen and oxygen atoms in total. The van der Waals surface area contributed by atoms with Crippen LogP contribution in [0.15, 0.2) is 18.2 Å². The SMILES string of the molecule is CCN(CC)Cc1ccc(OC)c(CCN)c1. The summed E-state index contributed by atoms with van der Waals surface area (Å²) in [5.41, 5.74) is 8.16. The third-order valence-electron chi connectivity index (χ3n) is 3.06. The summed E-state index contributed by atoms with van der Waals surface area (Å²) >= 11 is 0. The van der Waals surface area contributed by atoms with E-state index in [0.29, 0.717) is 6.54 Å². The first-order chi connectivity index (χ1) is 8.24. The molecule has 0 amide bonds. The molecule has 0 atom stereocenters. The Hall–Kier alpha value is -1.06. The zero-order valence-electron chi connectivity index (χ0n) is 11.2. The van der Waals surface area contributed by atoms with Gasteiger partial charge in [0.1, 0.15) is 5.75 Å². The van der Waals surface area contributed by atoms with Crippen molar-refractivity contribution in [1.82, 2.24) is 4.90 Å². The van der Waals surface area contributed by atoms with E-state index < -0.39 is 0 Å². The Morgan fingerprint density at radius 3 is 2.47 bits per heavy atom. The van der Waals surface area contributed by atoms with Crippen LogP contribution >= 0.6 is 0 Å². The van der Waals surface area contributed by atoms with Crippen LogP contribution in [0.3, 0.4) is 0 Å². The maximum Gasteiger partial charge on any atom is 0.122 e. The molecular weight excluding hydrogens is 212 g/mol. The maximum absolute atomic E-state index is 5.62. The van der Waals surface area contributed by atoms with E-state index in [-0.39, 0.29) is 0 Å². The Balaban J connectivity index is 2.83. The summed E-state index contributed by atoms with van der Waals surface area (Å²) in [4.78, 5) is 2.40. The molecule has 2 N–H and O–H groups in total. The highest BCUT2D eigenvalue weighted by Crippen LogP contribution is 2.21. The molecule has 1 aromatic carbocycles. The molecular formula is C14H24N2O. The third-order valence-corrected chi connectivity index (χ3v) is 3.06. The van der Waals surface area contributed by atoms with Gasteiger partial charge in [-0.25, -0.2) is 0 Å². The van der Waals surface area contributed by atoms with E-state index in [2.05, 4.69) is 30.9 Å². The van der Waals surface area contributed by atoms with Crippen LogP contribution in [-0.2, 0) is 13.0 Å². The molecule has 0 saturated heterocycles. The lowest BCUT2D eigenvalue weighted by Crippen LogP contribution is -2.22. The van der Waals surface area contributed by atoms with Gasteiger partial charge in [0.25, 0.3) is 0 Å². The number of nitrogens with zero attached hydrogens (tertiary/aromatic N) is 1. The molecule has 0 radical (unpaired) electrons. The zero-order valence-corrected chi connectivity index (χ0v) is 11.2. The molecule has 0 spiro atoms. The van der Waals surface area contributed by atoms with E-state index in [0.717, 1.165) is 31.8 Å². The van der Waals surface area contributed by atoms with Crippen LogP contribution in [0.4, 0.5) is 0 Å². The normalized spacial score (nSPS) is 10.9. The Morgan fingerprint density at radius 1 is 1.24 bits per heavy atom. The van der Waals surface area contributed by atoms with Gasteiger partial charge in [0.05, 0.1) is 7.11 Å². The summed E-state index contributed by atoms with van der Waals surface area (Å²) in [7, 11) is 1.71. The molecule has 1 rings (SSSR count). The molecule has 0 aliphatic heterocycles. The number of ether oxygens (including phenoxy) is 1. The van der Waals surface area contributed by atoms with Gasteiger partial charge in [-0.05, 0) is 43.2 Å². The lowest BCUT2D eigenvalue weighted by atomic mass is 10.1. The lowest BCUT2D eigenvalue weighted by molar-refractivity contribution is 0.295. The second-order valence-corrected chi connectivity index (χ2v) is 4.15. The fraction of sp³-hybridized carbons (Fsp3) is 0.571. The highest BCUT2D eigenvalue weighted by molar-refractivity contribution is 5.37. The number of hydrogen-bond acceptors (Lipinski definition) is 3. The monoisotopic (exact) mass is 236 g/mol. The van der Waals surface area contributed by atoms with Gasteiger partial charge in [0.2, 0.25) is 0 Å². The van der Waals surface area contributed by atoms with E-state index in [1.165, 1.54) is 11.1 Å². The fourth-order valence-corrected chi connectivity index (χ4v) is 1.99.